The molecule has 1 aromatic carbocycles. The Morgan fingerprint density at radius 1 is 1.26 bits per heavy atom. The maximum atomic E-state index is 12.9. The summed E-state index contributed by atoms with van der Waals surface area (Å²) in [6.07, 6.45) is 1.34. The molecular formula is C20H32IN2O7S+. The molecule has 0 aliphatic heterocycles. The number of amides is 1. The lowest BCUT2D eigenvalue weighted by Gasteiger charge is -2.20. The van der Waals surface area contributed by atoms with Crippen molar-refractivity contribution in [2.45, 2.75) is 45.0 Å². The van der Waals surface area contributed by atoms with E-state index in [2.05, 4.69) is 27.0 Å². The van der Waals surface area contributed by atoms with Crippen molar-refractivity contribution in [2.24, 2.45) is 4.36 Å². The van der Waals surface area contributed by atoms with Gasteiger partial charge in [0.05, 0.1) is 35.8 Å². The zero-order valence-electron chi connectivity index (χ0n) is 18.6. The van der Waals surface area contributed by atoms with Crippen LogP contribution < -0.4 is 10.2 Å². The summed E-state index contributed by atoms with van der Waals surface area (Å²) in [4.78, 5) is 28.6. The van der Waals surface area contributed by atoms with Gasteiger partial charge in [-0.15, -0.1) is 4.36 Å². The van der Waals surface area contributed by atoms with Crippen molar-refractivity contribution in [3.63, 3.8) is 0 Å². The molecule has 2 N–H and O–H groups in total. The van der Waals surface area contributed by atoms with E-state index >= 15 is 0 Å². The molecule has 0 fully saturated rings. The molecule has 1 amide bonds. The lowest BCUT2D eigenvalue weighted by atomic mass is 10.2. The first kappa shape index (κ1) is 27.6. The number of hydrogen-bond acceptors (Lipinski definition) is 7. The summed E-state index contributed by atoms with van der Waals surface area (Å²) in [7, 11) is -1.36. The monoisotopic (exact) mass is 571 g/mol. The second kappa shape index (κ2) is 13.2. The predicted octanol–water partition coefficient (Wildman–Crippen LogP) is 3.11. The molecule has 176 valence electrons. The van der Waals surface area contributed by atoms with E-state index in [9.17, 15) is 13.8 Å². The first-order valence-corrected chi connectivity index (χ1v) is 13.4. The number of hydrogen-bond donors (Lipinski definition) is 1. The second-order valence-electron chi connectivity index (χ2n) is 7.48. The molecule has 0 radical (unpaired) electrons. The number of ether oxygens (including phenoxy) is 3. The highest BCUT2D eigenvalue weighted by molar-refractivity contribution is 14.1. The molecule has 0 aromatic heterocycles. The molecule has 0 saturated carbocycles. The van der Waals surface area contributed by atoms with E-state index in [0.29, 0.717) is 41.1 Å². The number of nitrogens with two attached hydrogens (primary N) is 1. The van der Waals surface area contributed by atoms with Crippen LogP contribution in [0.15, 0.2) is 22.6 Å². The number of nitrogens with zero attached hydrogens (tertiary/aromatic N) is 1. The third-order valence-electron chi connectivity index (χ3n) is 3.73. The van der Waals surface area contributed by atoms with Gasteiger partial charge < -0.3 is 14.2 Å². The number of carbonyl (C=O) groups is 2. The van der Waals surface area contributed by atoms with E-state index < -0.39 is 21.4 Å². The first-order chi connectivity index (χ1) is 14.5. The number of carbonyl (C=O) groups excluding carboxylic acids is 2. The van der Waals surface area contributed by atoms with Crippen molar-refractivity contribution in [3.05, 3.63) is 23.8 Å². The van der Waals surface area contributed by atoms with E-state index in [-0.39, 0.29) is 18.1 Å². The maximum absolute atomic E-state index is 12.9. The van der Waals surface area contributed by atoms with E-state index in [0.717, 1.165) is 0 Å². The first-order valence-electron chi connectivity index (χ1n) is 9.77. The topological polar surface area (TPSA) is 117 Å². The lowest BCUT2D eigenvalue weighted by molar-refractivity contribution is -0.830. The minimum atomic E-state index is -2.88. The van der Waals surface area contributed by atoms with Crippen LogP contribution in [-0.4, -0.2) is 52.9 Å². The molecule has 1 rings (SSSR count). The normalized spacial score (nSPS) is 13.2. The molecule has 0 saturated heterocycles. The fourth-order valence-corrected chi connectivity index (χ4v) is 3.84. The minimum absolute atomic E-state index is 0.0390. The molecule has 11 heteroatoms. The molecule has 1 aromatic rings. The summed E-state index contributed by atoms with van der Waals surface area (Å²) in [6, 6.07) is 5.28. The Kier molecular flexibility index (Phi) is 11.7. The van der Waals surface area contributed by atoms with Crippen LogP contribution >= 0.6 is 22.6 Å². The number of benzene rings is 1. The molecule has 0 bridgehead atoms. The minimum Gasteiger partial charge on any atom is -0.493 e. The van der Waals surface area contributed by atoms with Crippen molar-refractivity contribution < 1.29 is 38.3 Å². The molecule has 0 heterocycles. The Balaban J connectivity index is 2.90. The van der Waals surface area contributed by atoms with Crippen molar-refractivity contribution in [1.82, 2.24) is 0 Å². The van der Waals surface area contributed by atoms with Crippen LogP contribution in [0.3, 0.4) is 0 Å². The molecule has 0 spiro atoms. The lowest BCUT2D eigenvalue weighted by Crippen LogP contribution is -2.75. The van der Waals surface area contributed by atoms with Gasteiger partial charge >= 0.3 is 12.1 Å². The Morgan fingerprint density at radius 3 is 2.58 bits per heavy atom. The highest BCUT2D eigenvalue weighted by atomic mass is 127. The number of esters is 1. The predicted molar refractivity (Wildman–Crippen MR) is 126 cm³/mol. The molecule has 9 nitrogen and oxygen atoms in total. The summed E-state index contributed by atoms with van der Waals surface area (Å²) in [5, 5.41) is 0. The summed E-state index contributed by atoms with van der Waals surface area (Å²) in [5.41, 5.74) is 2.22. The summed E-state index contributed by atoms with van der Waals surface area (Å²) >= 11 is 2.11. The Labute approximate surface area is 197 Å². The van der Waals surface area contributed by atoms with Gasteiger partial charge in [0.25, 0.3) is 0 Å². The quantitative estimate of drug-likeness (QED) is 0.102. The molecule has 31 heavy (non-hydrogen) atoms. The zero-order chi connectivity index (χ0) is 23.5. The van der Waals surface area contributed by atoms with Gasteiger partial charge in [-0.05, 0) is 38.8 Å². The molecule has 0 aliphatic rings. The van der Waals surface area contributed by atoms with Crippen LogP contribution in [0.1, 0.15) is 39.2 Å². The maximum Gasteiger partial charge on any atom is 0.442 e. The average Bonchev–Trinajstić information content (AvgIpc) is 2.64. The molecule has 1 unspecified atom stereocenters. The molecule has 1 atom stereocenters. The molecular weight excluding hydrogens is 539 g/mol. The van der Waals surface area contributed by atoms with Gasteiger partial charge in [0.1, 0.15) is 11.4 Å². The van der Waals surface area contributed by atoms with Crippen molar-refractivity contribution in [1.29, 1.82) is 0 Å². The van der Waals surface area contributed by atoms with E-state index in [1.165, 1.54) is 18.8 Å². The van der Waals surface area contributed by atoms with Gasteiger partial charge in [-0.1, -0.05) is 22.6 Å². The van der Waals surface area contributed by atoms with Crippen LogP contribution in [0.4, 0.5) is 10.5 Å². The third-order valence-corrected chi connectivity index (χ3v) is 6.97. The zero-order valence-corrected chi connectivity index (χ0v) is 21.6. The van der Waals surface area contributed by atoms with E-state index in [1.54, 1.807) is 39.0 Å². The van der Waals surface area contributed by atoms with Gasteiger partial charge in [-0.25, -0.2) is 13.8 Å². The number of rotatable bonds is 12. The van der Waals surface area contributed by atoms with Gasteiger partial charge in [0, 0.05) is 29.2 Å². The SMILES string of the molecule is CCOC(=O)CCCOc1cc(CS(C)(=O)=NC(=O)OC(C)(C)CI)cc([NH2+]OC)c1. The fourth-order valence-electron chi connectivity index (χ4n) is 2.48. The van der Waals surface area contributed by atoms with Gasteiger partial charge in [-0.3, -0.25) is 4.79 Å². The third kappa shape index (κ3) is 11.7. The van der Waals surface area contributed by atoms with Gasteiger partial charge in [0.15, 0.2) is 5.69 Å². The summed E-state index contributed by atoms with van der Waals surface area (Å²) in [6.45, 7) is 5.95. The Morgan fingerprint density at radius 2 is 1.97 bits per heavy atom. The van der Waals surface area contributed by atoms with Gasteiger partial charge in [0.2, 0.25) is 0 Å². The Bertz CT molecular complexity index is 867. The van der Waals surface area contributed by atoms with Crippen LogP contribution in [0.2, 0.25) is 0 Å². The van der Waals surface area contributed by atoms with Crippen molar-refractivity contribution in [3.8, 4) is 5.75 Å². The van der Waals surface area contributed by atoms with Gasteiger partial charge in [-0.2, -0.15) is 5.48 Å². The standard InChI is InChI=1S/C20H31IN2O7S/c1-6-28-18(24)8-7-9-29-17-11-15(10-16(12-17)22-27-4)13-31(5,26)23-19(25)30-20(2,3)14-21/h10-12,22H,6-9,13-14H2,1-5H3/p+1. The number of quaternary nitrogens is 1. The smallest absolute Gasteiger partial charge is 0.442 e. The fraction of sp³-hybridized carbons (Fsp3) is 0.600. The number of halogens is 1. The van der Waals surface area contributed by atoms with E-state index in [1.807, 2.05) is 0 Å². The van der Waals surface area contributed by atoms with Crippen molar-refractivity contribution in [2.75, 3.05) is 31.0 Å². The van der Waals surface area contributed by atoms with Crippen LogP contribution in [-0.2, 0) is 34.6 Å². The summed E-state index contributed by atoms with van der Waals surface area (Å²) in [5.74, 6) is 0.309. The van der Waals surface area contributed by atoms with Crippen LogP contribution in [0.5, 0.6) is 5.75 Å². The second-order valence-corrected chi connectivity index (χ2v) is 10.6. The highest BCUT2D eigenvalue weighted by Gasteiger charge is 2.22. The largest absolute Gasteiger partial charge is 0.493 e. The van der Waals surface area contributed by atoms with Crippen LogP contribution in [0.25, 0.3) is 0 Å². The molecule has 0 aliphatic carbocycles. The van der Waals surface area contributed by atoms with E-state index in [4.69, 9.17) is 19.0 Å². The number of alkyl halides is 1. The van der Waals surface area contributed by atoms with Crippen LogP contribution in [0, 0.1) is 0 Å². The Hall–Kier alpha value is -1.44. The summed E-state index contributed by atoms with van der Waals surface area (Å²) < 4.78 is 33.2. The van der Waals surface area contributed by atoms with Crippen molar-refractivity contribution >= 4 is 50.1 Å². The highest BCUT2D eigenvalue weighted by Crippen LogP contribution is 2.21. The average molecular weight is 571 g/mol.